The molecule has 2 rings (SSSR count). The number of carbonyl (C=O) groups is 2. The van der Waals surface area contributed by atoms with Crippen molar-refractivity contribution in [3.05, 3.63) is 47.0 Å². The molecule has 0 radical (unpaired) electrons. The maximum atomic E-state index is 12.1. The maximum absolute atomic E-state index is 12.1. The zero-order valence-corrected chi connectivity index (χ0v) is 11.4. The molecule has 0 unspecified atom stereocenters. The van der Waals surface area contributed by atoms with Crippen LogP contribution in [0.4, 0.5) is 0 Å². The van der Waals surface area contributed by atoms with Gasteiger partial charge in [-0.25, -0.2) is 4.79 Å². The molecule has 1 amide bonds. The largest absolute Gasteiger partial charge is 0.478 e. The predicted octanol–water partition coefficient (Wildman–Crippen LogP) is 2.30. The summed E-state index contributed by atoms with van der Waals surface area (Å²) in [5.74, 6) is -1.18. The first kappa shape index (κ1) is 14.3. The lowest BCUT2D eigenvalue weighted by molar-refractivity contribution is -0.133. The Bertz CT molecular complexity index is 520. The highest BCUT2D eigenvalue weighted by Crippen LogP contribution is 2.24. The van der Waals surface area contributed by atoms with Crippen LogP contribution in [0.15, 0.2) is 41.5 Å². The van der Waals surface area contributed by atoms with Crippen molar-refractivity contribution in [3.8, 4) is 0 Å². The van der Waals surface area contributed by atoms with E-state index in [4.69, 9.17) is 5.11 Å². The minimum atomic E-state index is -0.960. The molecule has 4 nitrogen and oxygen atoms in total. The van der Waals surface area contributed by atoms with Crippen LogP contribution in [0.2, 0.25) is 0 Å². The Morgan fingerprint density at radius 1 is 1.05 bits per heavy atom. The zero-order chi connectivity index (χ0) is 14.4. The van der Waals surface area contributed by atoms with E-state index in [9.17, 15) is 9.59 Å². The molecule has 1 aromatic rings. The number of carbonyl (C=O) groups excluding carboxylic acids is 1. The number of carboxylic acid groups (broad SMARTS) is 1. The van der Waals surface area contributed by atoms with E-state index in [0.717, 1.165) is 24.8 Å². The molecular weight excluding hydrogens is 254 g/mol. The standard InChI is InChI=1S/C16H19NO3/c18-15(13-8-4-5-9-14(13)16(19)20)17-11-10-12-6-2-1-3-7-12/h1-3,6-7H,4-5,8-11H2,(H,17,18)(H,19,20). The van der Waals surface area contributed by atoms with Gasteiger partial charge in [0.15, 0.2) is 0 Å². The molecular formula is C16H19NO3. The quantitative estimate of drug-likeness (QED) is 0.865. The molecule has 2 N–H and O–H groups in total. The first-order valence-electron chi connectivity index (χ1n) is 6.96. The van der Waals surface area contributed by atoms with Crippen molar-refractivity contribution in [2.45, 2.75) is 32.1 Å². The molecule has 1 aromatic carbocycles. The lowest BCUT2D eigenvalue weighted by Crippen LogP contribution is -2.30. The average Bonchev–Trinajstić information content (AvgIpc) is 2.48. The summed E-state index contributed by atoms with van der Waals surface area (Å²) in [5, 5.41) is 11.9. The van der Waals surface area contributed by atoms with Crippen LogP contribution in [0, 0.1) is 0 Å². The molecule has 0 heterocycles. The highest BCUT2D eigenvalue weighted by molar-refractivity contribution is 6.02. The minimum absolute atomic E-state index is 0.224. The lowest BCUT2D eigenvalue weighted by Gasteiger charge is -2.17. The molecule has 106 valence electrons. The van der Waals surface area contributed by atoms with Gasteiger partial charge in [-0.05, 0) is 37.7 Å². The van der Waals surface area contributed by atoms with Crippen molar-refractivity contribution in [2.24, 2.45) is 0 Å². The Hall–Kier alpha value is -2.10. The molecule has 0 spiro atoms. The fraction of sp³-hybridized carbons (Fsp3) is 0.375. The van der Waals surface area contributed by atoms with Crippen molar-refractivity contribution < 1.29 is 14.7 Å². The van der Waals surface area contributed by atoms with Crippen LogP contribution in [0.5, 0.6) is 0 Å². The van der Waals surface area contributed by atoms with Crippen molar-refractivity contribution in [3.63, 3.8) is 0 Å². The number of carboxylic acids is 1. The van der Waals surface area contributed by atoms with Crippen molar-refractivity contribution >= 4 is 11.9 Å². The molecule has 20 heavy (non-hydrogen) atoms. The number of amides is 1. The highest BCUT2D eigenvalue weighted by Gasteiger charge is 2.23. The summed E-state index contributed by atoms with van der Waals surface area (Å²) in [4.78, 5) is 23.2. The average molecular weight is 273 g/mol. The van der Waals surface area contributed by atoms with Crippen LogP contribution in [0.25, 0.3) is 0 Å². The van der Waals surface area contributed by atoms with E-state index in [-0.39, 0.29) is 11.5 Å². The van der Waals surface area contributed by atoms with Gasteiger partial charge in [0, 0.05) is 17.7 Å². The van der Waals surface area contributed by atoms with Gasteiger partial charge in [0.25, 0.3) is 0 Å². The van der Waals surface area contributed by atoms with Gasteiger partial charge in [0.2, 0.25) is 5.91 Å². The summed E-state index contributed by atoms with van der Waals surface area (Å²) in [5.41, 5.74) is 1.90. The highest BCUT2D eigenvalue weighted by atomic mass is 16.4. The van der Waals surface area contributed by atoms with Crippen molar-refractivity contribution in [2.75, 3.05) is 6.54 Å². The van der Waals surface area contributed by atoms with Gasteiger partial charge in [0.1, 0.15) is 0 Å². The minimum Gasteiger partial charge on any atom is -0.478 e. The van der Waals surface area contributed by atoms with E-state index in [0.29, 0.717) is 25.0 Å². The Kier molecular flexibility index (Phi) is 4.93. The van der Waals surface area contributed by atoms with Crippen LogP contribution >= 0.6 is 0 Å². The number of aliphatic carboxylic acids is 1. The SMILES string of the molecule is O=C(O)C1=C(C(=O)NCCc2ccccc2)CCCC1. The zero-order valence-electron chi connectivity index (χ0n) is 11.4. The summed E-state index contributed by atoms with van der Waals surface area (Å²) in [7, 11) is 0. The molecule has 0 aliphatic heterocycles. The van der Waals surface area contributed by atoms with Crippen LogP contribution in [0.3, 0.4) is 0 Å². The third-order valence-corrected chi connectivity index (χ3v) is 3.54. The summed E-state index contributed by atoms with van der Waals surface area (Å²) < 4.78 is 0. The first-order chi connectivity index (χ1) is 9.68. The Morgan fingerprint density at radius 3 is 2.35 bits per heavy atom. The summed E-state index contributed by atoms with van der Waals surface area (Å²) in [6.45, 7) is 0.527. The third-order valence-electron chi connectivity index (χ3n) is 3.54. The number of hydrogen-bond donors (Lipinski definition) is 2. The monoisotopic (exact) mass is 273 g/mol. The van der Waals surface area contributed by atoms with Crippen LogP contribution < -0.4 is 5.32 Å². The van der Waals surface area contributed by atoms with Crippen molar-refractivity contribution in [1.29, 1.82) is 0 Å². The first-order valence-corrected chi connectivity index (χ1v) is 6.96. The van der Waals surface area contributed by atoms with Crippen molar-refractivity contribution in [1.82, 2.24) is 5.32 Å². The lowest BCUT2D eigenvalue weighted by atomic mass is 9.91. The maximum Gasteiger partial charge on any atom is 0.332 e. The second kappa shape index (κ2) is 6.89. The molecule has 4 heteroatoms. The van der Waals surface area contributed by atoms with Gasteiger partial charge in [-0.3, -0.25) is 4.79 Å². The third kappa shape index (κ3) is 3.70. The Morgan fingerprint density at radius 2 is 1.70 bits per heavy atom. The van der Waals surface area contributed by atoms with Crippen LogP contribution in [0.1, 0.15) is 31.2 Å². The molecule has 0 saturated heterocycles. The predicted molar refractivity (Wildman–Crippen MR) is 76.3 cm³/mol. The van der Waals surface area contributed by atoms with Gasteiger partial charge >= 0.3 is 5.97 Å². The number of rotatable bonds is 5. The molecule has 1 aliphatic rings. The number of benzene rings is 1. The number of nitrogens with one attached hydrogen (secondary N) is 1. The Balaban J connectivity index is 1.92. The van der Waals surface area contributed by atoms with E-state index in [1.807, 2.05) is 30.3 Å². The fourth-order valence-corrected chi connectivity index (χ4v) is 2.46. The summed E-state index contributed by atoms with van der Waals surface area (Å²) in [6.07, 6.45) is 3.55. The van der Waals surface area contributed by atoms with E-state index < -0.39 is 5.97 Å². The second-order valence-corrected chi connectivity index (χ2v) is 4.96. The Labute approximate surface area is 118 Å². The van der Waals surface area contributed by atoms with E-state index in [1.165, 1.54) is 0 Å². The number of hydrogen-bond acceptors (Lipinski definition) is 2. The van der Waals surface area contributed by atoms with Crippen LogP contribution in [-0.4, -0.2) is 23.5 Å². The molecule has 0 saturated carbocycles. The molecule has 0 aromatic heterocycles. The van der Waals surface area contributed by atoms with E-state index in [1.54, 1.807) is 0 Å². The summed E-state index contributed by atoms with van der Waals surface area (Å²) >= 11 is 0. The van der Waals surface area contributed by atoms with Gasteiger partial charge < -0.3 is 10.4 Å². The molecule has 0 bridgehead atoms. The van der Waals surface area contributed by atoms with E-state index in [2.05, 4.69) is 5.32 Å². The van der Waals surface area contributed by atoms with Gasteiger partial charge in [-0.2, -0.15) is 0 Å². The van der Waals surface area contributed by atoms with Gasteiger partial charge in [-0.15, -0.1) is 0 Å². The topological polar surface area (TPSA) is 66.4 Å². The normalized spacial score (nSPS) is 15.0. The smallest absolute Gasteiger partial charge is 0.332 e. The summed E-state index contributed by atoms with van der Waals surface area (Å²) in [6, 6.07) is 9.89. The fourth-order valence-electron chi connectivity index (χ4n) is 2.46. The second-order valence-electron chi connectivity index (χ2n) is 4.96. The molecule has 1 aliphatic carbocycles. The van der Waals surface area contributed by atoms with E-state index >= 15 is 0 Å². The van der Waals surface area contributed by atoms with Crippen LogP contribution in [-0.2, 0) is 16.0 Å². The molecule has 0 atom stereocenters. The molecule has 0 fully saturated rings. The van der Waals surface area contributed by atoms with Gasteiger partial charge in [-0.1, -0.05) is 30.3 Å². The van der Waals surface area contributed by atoms with Gasteiger partial charge in [0.05, 0.1) is 0 Å².